The summed E-state index contributed by atoms with van der Waals surface area (Å²) in [4.78, 5) is 11.8. The number of hydrogen-bond acceptors (Lipinski definition) is 5. The second-order valence-electron chi connectivity index (χ2n) is 4.67. The fraction of sp³-hybridized carbons (Fsp3) is 0.643. The first kappa shape index (κ1) is 16.0. The minimum atomic E-state index is -1.06. The zero-order valence-electron chi connectivity index (χ0n) is 11.5. The third-order valence-corrected chi connectivity index (χ3v) is 2.82. The summed E-state index contributed by atoms with van der Waals surface area (Å²) in [6, 6.07) is 0. The van der Waals surface area contributed by atoms with E-state index >= 15 is 0 Å². The molecule has 1 aliphatic heterocycles. The number of carbonyl (C=O) groups excluding carboxylic acids is 1. The van der Waals surface area contributed by atoms with Crippen LogP contribution in [0.4, 0.5) is 0 Å². The Hall–Kier alpha value is -1.01. The lowest BCUT2D eigenvalue weighted by atomic mass is 10.00. The van der Waals surface area contributed by atoms with Gasteiger partial charge in [-0.15, -0.1) is 6.58 Å². The number of carbonyl (C=O) groups is 1. The Morgan fingerprint density at radius 1 is 1.63 bits per heavy atom. The summed E-state index contributed by atoms with van der Waals surface area (Å²) < 4.78 is 15.6. The molecule has 0 aromatic carbocycles. The van der Waals surface area contributed by atoms with Crippen LogP contribution < -0.4 is 0 Å². The zero-order valence-corrected chi connectivity index (χ0v) is 11.5. The molecule has 1 aliphatic rings. The number of hydrogen-bond donors (Lipinski definition) is 1. The number of aliphatic hydroxyl groups excluding tert-OH is 1. The molecule has 0 bridgehead atoms. The van der Waals surface area contributed by atoms with Gasteiger partial charge in [0.05, 0.1) is 6.10 Å². The molecule has 0 fully saturated rings. The molecule has 3 atom stereocenters. The number of allylic oxidation sites excluding steroid dienone is 1. The number of ketones is 1. The first-order valence-corrected chi connectivity index (χ1v) is 6.35. The maximum Gasteiger partial charge on any atom is 0.187 e. The predicted octanol–water partition coefficient (Wildman–Crippen LogP) is 1.56. The van der Waals surface area contributed by atoms with Crippen LogP contribution in [-0.4, -0.2) is 43.3 Å². The van der Waals surface area contributed by atoms with Crippen molar-refractivity contribution in [2.45, 2.75) is 44.7 Å². The molecule has 0 saturated carbocycles. The molecule has 5 nitrogen and oxygen atoms in total. The Bertz CT molecular complexity index is 337. The Kier molecular flexibility index (Phi) is 6.94. The van der Waals surface area contributed by atoms with E-state index in [-0.39, 0.29) is 12.6 Å². The summed E-state index contributed by atoms with van der Waals surface area (Å²) in [5.41, 5.74) is 1.08. The highest BCUT2D eigenvalue weighted by atomic mass is 16.7. The van der Waals surface area contributed by atoms with Crippen LogP contribution >= 0.6 is 0 Å². The van der Waals surface area contributed by atoms with E-state index in [2.05, 4.69) is 6.58 Å². The van der Waals surface area contributed by atoms with Gasteiger partial charge in [-0.3, -0.25) is 4.79 Å². The number of methoxy groups -OCH3 is 1. The van der Waals surface area contributed by atoms with E-state index in [1.165, 1.54) is 19.3 Å². The van der Waals surface area contributed by atoms with E-state index < -0.39 is 18.5 Å². The van der Waals surface area contributed by atoms with Gasteiger partial charge < -0.3 is 19.3 Å². The van der Waals surface area contributed by atoms with Gasteiger partial charge in [-0.25, -0.2) is 0 Å². The van der Waals surface area contributed by atoms with Gasteiger partial charge in [0.15, 0.2) is 12.1 Å². The zero-order chi connectivity index (χ0) is 14.3. The summed E-state index contributed by atoms with van der Waals surface area (Å²) in [5.74, 6) is -0.193. The van der Waals surface area contributed by atoms with Gasteiger partial charge in [-0.05, 0) is 38.3 Å². The molecular formula is C14H22O5. The van der Waals surface area contributed by atoms with Gasteiger partial charge >= 0.3 is 0 Å². The fourth-order valence-electron chi connectivity index (χ4n) is 1.89. The summed E-state index contributed by atoms with van der Waals surface area (Å²) in [6.45, 7) is 5.88. The monoisotopic (exact) mass is 270 g/mol. The van der Waals surface area contributed by atoms with Crippen molar-refractivity contribution >= 4 is 5.78 Å². The van der Waals surface area contributed by atoms with Crippen LogP contribution in [0.25, 0.3) is 0 Å². The summed E-state index contributed by atoms with van der Waals surface area (Å²) in [7, 11) is 1.52. The lowest BCUT2D eigenvalue weighted by molar-refractivity contribution is -0.184. The molecule has 0 spiro atoms. The van der Waals surface area contributed by atoms with Crippen molar-refractivity contribution in [3.8, 4) is 0 Å². The third kappa shape index (κ3) is 5.65. The minimum Gasteiger partial charge on any atom is -0.365 e. The second kappa shape index (κ2) is 8.22. The van der Waals surface area contributed by atoms with Crippen LogP contribution in [0.3, 0.4) is 0 Å². The molecule has 0 aliphatic carbocycles. The molecule has 108 valence electrons. The third-order valence-electron chi connectivity index (χ3n) is 2.82. The van der Waals surface area contributed by atoms with Crippen LogP contribution in [0, 0.1) is 0 Å². The largest absolute Gasteiger partial charge is 0.365 e. The first-order valence-electron chi connectivity index (χ1n) is 6.35. The van der Waals surface area contributed by atoms with Crippen LogP contribution in [-0.2, 0) is 19.0 Å². The molecule has 1 N–H and O–H groups in total. The van der Waals surface area contributed by atoms with Gasteiger partial charge in [0.25, 0.3) is 0 Å². The van der Waals surface area contributed by atoms with E-state index in [1.54, 1.807) is 0 Å². The van der Waals surface area contributed by atoms with Crippen molar-refractivity contribution in [2.24, 2.45) is 0 Å². The van der Waals surface area contributed by atoms with Gasteiger partial charge in [-0.1, -0.05) is 5.57 Å². The fourth-order valence-corrected chi connectivity index (χ4v) is 1.89. The molecule has 5 heteroatoms. The second-order valence-corrected chi connectivity index (χ2v) is 4.67. The van der Waals surface area contributed by atoms with Crippen molar-refractivity contribution < 1.29 is 24.1 Å². The van der Waals surface area contributed by atoms with Gasteiger partial charge in [-0.2, -0.15) is 0 Å². The van der Waals surface area contributed by atoms with E-state index in [4.69, 9.17) is 14.2 Å². The standard InChI is InChI=1S/C14H22O5/c1-10(2)5-4-6-12(18-9-17-3)14-11(15)7-8-13(16)19-14/h7-8,12-14,16H,1,4-6,9H2,2-3H3. The molecule has 19 heavy (non-hydrogen) atoms. The van der Waals surface area contributed by atoms with E-state index in [0.717, 1.165) is 18.4 Å². The highest BCUT2D eigenvalue weighted by Gasteiger charge is 2.32. The van der Waals surface area contributed by atoms with Crippen LogP contribution in [0.1, 0.15) is 26.2 Å². The van der Waals surface area contributed by atoms with Crippen LogP contribution in [0.5, 0.6) is 0 Å². The Labute approximate surface area is 113 Å². The summed E-state index contributed by atoms with van der Waals surface area (Å²) in [6.07, 6.45) is 2.75. The van der Waals surface area contributed by atoms with Crippen molar-refractivity contribution in [3.63, 3.8) is 0 Å². The molecule has 0 saturated heterocycles. The topological polar surface area (TPSA) is 65.0 Å². The van der Waals surface area contributed by atoms with Gasteiger partial charge in [0, 0.05) is 7.11 Å². The van der Waals surface area contributed by atoms with Crippen LogP contribution in [0.15, 0.2) is 24.3 Å². The normalized spacial score (nSPS) is 24.5. The maximum absolute atomic E-state index is 11.8. The minimum absolute atomic E-state index is 0.0880. The lowest BCUT2D eigenvalue weighted by Gasteiger charge is -2.29. The molecule has 1 rings (SSSR count). The predicted molar refractivity (Wildman–Crippen MR) is 70.4 cm³/mol. The number of aliphatic hydroxyl groups is 1. The summed E-state index contributed by atoms with van der Waals surface area (Å²) in [5, 5.41) is 9.42. The summed E-state index contributed by atoms with van der Waals surface area (Å²) >= 11 is 0. The van der Waals surface area contributed by atoms with Crippen LogP contribution in [0.2, 0.25) is 0 Å². The Balaban J connectivity index is 2.58. The Morgan fingerprint density at radius 2 is 2.37 bits per heavy atom. The molecule has 0 amide bonds. The van der Waals surface area contributed by atoms with Crippen molar-refractivity contribution in [1.82, 2.24) is 0 Å². The number of ether oxygens (including phenoxy) is 3. The molecule has 1 heterocycles. The van der Waals surface area contributed by atoms with E-state index in [1.807, 2.05) is 6.92 Å². The average Bonchev–Trinajstić information content (AvgIpc) is 2.36. The molecular weight excluding hydrogens is 248 g/mol. The molecule has 0 aromatic heterocycles. The quantitative estimate of drug-likeness (QED) is 0.535. The Morgan fingerprint density at radius 3 is 3.00 bits per heavy atom. The molecule has 3 unspecified atom stereocenters. The average molecular weight is 270 g/mol. The molecule has 0 radical (unpaired) electrons. The van der Waals surface area contributed by atoms with Crippen molar-refractivity contribution in [2.75, 3.05) is 13.9 Å². The lowest BCUT2D eigenvalue weighted by Crippen LogP contribution is -2.42. The van der Waals surface area contributed by atoms with Gasteiger partial charge in [0.2, 0.25) is 0 Å². The van der Waals surface area contributed by atoms with Gasteiger partial charge in [0.1, 0.15) is 12.9 Å². The maximum atomic E-state index is 11.8. The first-order chi connectivity index (χ1) is 9.04. The molecule has 0 aromatic rings. The smallest absolute Gasteiger partial charge is 0.187 e. The SMILES string of the molecule is C=C(C)CCCC(OCOC)C1OC(O)C=CC1=O. The van der Waals surface area contributed by atoms with E-state index in [0.29, 0.717) is 6.42 Å². The number of rotatable bonds is 8. The highest BCUT2D eigenvalue weighted by Crippen LogP contribution is 2.19. The highest BCUT2D eigenvalue weighted by molar-refractivity contribution is 5.94. The van der Waals surface area contributed by atoms with E-state index in [9.17, 15) is 9.90 Å². The van der Waals surface area contributed by atoms with Crippen molar-refractivity contribution in [1.29, 1.82) is 0 Å². The van der Waals surface area contributed by atoms with Crippen molar-refractivity contribution in [3.05, 3.63) is 24.3 Å².